The second-order valence-corrected chi connectivity index (χ2v) is 6.93. The van der Waals surface area contributed by atoms with Gasteiger partial charge in [0, 0.05) is 5.56 Å². The third-order valence-electron chi connectivity index (χ3n) is 5.35. The maximum atomic E-state index is 14.0. The standard InChI is InChI=1S/C23H27FN2O/c1-3-18-19(4-2)21(23(25)27)9-8-20(18)22(15-10-12-26-13-11-15)16-6-5-7-17(24)14-16/h5-9,14,26H,3-4,10-13H2,1-2H3,(H2,25,27). The minimum atomic E-state index is -0.394. The normalized spacial score (nSPS) is 14.3. The maximum Gasteiger partial charge on any atom is 0.248 e. The van der Waals surface area contributed by atoms with Crippen LogP contribution in [0.1, 0.15) is 59.3 Å². The molecule has 0 unspecified atom stereocenters. The molecule has 1 saturated heterocycles. The van der Waals surface area contributed by atoms with E-state index < -0.39 is 5.91 Å². The molecule has 3 nitrogen and oxygen atoms in total. The van der Waals surface area contributed by atoms with Crippen molar-refractivity contribution < 1.29 is 9.18 Å². The number of halogens is 1. The molecular formula is C23H27FN2O. The quantitative estimate of drug-likeness (QED) is 0.832. The second-order valence-electron chi connectivity index (χ2n) is 6.93. The first kappa shape index (κ1) is 19.3. The molecule has 3 N–H and O–H groups in total. The van der Waals surface area contributed by atoms with Crippen LogP contribution in [0.3, 0.4) is 0 Å². The predicted octanol–water partition coefficient (Wildman–Crippen LogP) is 4.23. The molecule has 1 amide bonds. The Kier molecular flexibility index (Phi) is 6.07. The van der Waals surface area contributed by atoms with Gasteiger partial charge in [0.2, 0.25) is 5.91 Å². The number of carbonyl (C=O) groups is 1. The summed E-state index contributed by atoms with van der Waals surface area (Å²) in [4.78, 5) is 11.9. The summed E-state index contributed by atoms with van der Waals surface area (Å²) in [6.45, 7) is 5.99. The molecule has 2 aromatic rings. The molecule has 3 rings (SSSR count). The van der Waals surface area contributed by atoms with E-state index in [-0.39, 0.29) is 5.82 Å². The Bertz CT molecular complexity index is 878. The van der Waals surface area contributed by atoms with Crippen molar-refractivity contribution in [2.45, 2.75) is 39.5 Å². The van der Waals surface area contributed by atoms with Gasteiger partial charge >= 0.3 is 0 Å². The number of primary amides is 1. The molecule has 0 aromatic heterocycles. The number of hydrogen-bond donors (Lipinski definition) is 2. The first-order chi connectivity index (χ1) is 13.1. The van der Waals surface area contributed by atoms with Gasteiger partial charge in [-0.15, -0.1) is 0 Å². The number of amides is 1. The number of rotatable bonds is 5. The molecule has 1 heterocycles. The van der Waals surface area contributed by atoms with Crippen molar-refractivity contribution in [2.24, 2.45) is 5.73 Å². The zero-order valence-electron chi connectivity index (χ0n) is 16.1. The van der Waals surface area contributed by atoms with Gasteiger partial charge in [-0.05, 0) is 84.8 Å². The van der Waals surface area contributed by atoms with Crippen molar-refractivity contribution in [2.75, 3.05) is 13.1 Å². The lowest BCUT2D eigenvalue weighted by molar-refractivity contribution is 0.0999. The van der Waals surface area contributed by atoms with E-state index in [0.29, 0.717) is 5.56 Å². The topological polar surface area (TPSA) is 55.1 Å². The second kappa shape index (κ2) is 8.49. The van der Waals surface area contributed by atoms with Crippen LogP contribution in [0, 0.1) is 5.82 Å². The van der Waals surface area contributed by atoms with E-state index >= 15 is 0 Å². The molecule has 0 spiro atoms. The van der Waals surface area contributed by atoms with E-state index in [1.165, 1.54) is 11.6 Å². The van der Waals surface area contributed by atoms with Crippen molar-refractivity contribution in [1.29, 1.82) is 0 Å². The molecule has 1 fully saturated rings. The van der Waals surface area contributed by atoms with Crippen molar-refractivity contribution in [3.8, 4) is 0 Å². The van der Waals surface area contributed by atoms with Gasteiger partial charge in [-0.2, -0.15) is 0 Å². The highest BCUT2D eigenvalue weighted by atomic mass is 19.1. The van der Waals surface area contributed by atoms with Crippen molar-refractivity contribution in [3.05, 3.63) is 75.6 Å². The van der Waals surface area contributed by atoms with Gasteiger partial charge in [0.25, 0.3) is 0 Å². The number of nitrogens with one attached hydrogen (secondary N) is 1. The average molecular weight is 366 g/mol. The summed E-state index contributed by atoms with van der Waals surface area (Å²) >= 11 is 0. The highest BCUT2D eigenvalue weighted by Crippen LogP contribution is 2.35. The SMILES string of the molecule is CCc1c(C(N)=O)ccc(C(=C2CCNCC2)c2cccc(F)c2)c1CC. The molecule has 1 aliphatic rings. The summed E-state index contributed by atoms with van der Waals surface area (Å²) in [7, 11) is 0. The van der Waals surface area contributed by atoms with Gasteiger partial charge in [0.1, 0.15) is 5.82 Å². The summed E-state index contributed by atoms with van der Waals surface area (Å²) in [6.07, 6.45) is 3.41. The Morgan fingerprint density at radius 2 is 1.67 bits per heavy atom. The van der Waals surface area contributed by atoms with Crippen molar-refractivity contribution in [3.63, 3.8) is 0 Å². The summed E-state index contributed by atoms with van der Waals surface area (Å²) in [5, 5.41) is 3.39. The smallest absolute Gasteiger partial charge is 0.248 e. The number of hydrogen-bond acceptors (Lipinski definition) is 2. The minimum absolute atomic E-state index is 0.234. The van der Waals surface area contributed by atoms with E-state index in [2.05, 4.69) is 12.2 Å². The number of benzene rings is 2. The molecule has 4 heteroatoms. The highest BCUT2D eigenvalue weighted by molar-refractivity contribution is 5.96. The Hall–Kier alpha value is -2.46. The number of nitrogens with two attached hydrogens (primary N) is 1. The van der Waals surface area contributed by atoms with E-state index in [1.54, 1.807) is 12.1 Å². The highest BCUT2D eigenvalue weighted by Gasteiger charge is 2.21. The first-order valence-electron chi connectivity index (χ1n) is 9.70. The Morgan fingerprint density at radius 1 is 1.04 bits per heavy atom. The Morgan fingerprint density at radius 3 is 2.26 bits per heavy atom. The average Bonchev–Trinajstić information content (AvgIpc) is 2.68. The van der Waals surface area contributed by atoms with Crippen LogP contribution in [-0.2, 0) is 12.8 Å². The number of carbonyl (C=O) groups excluding carboxylic acids is 1. The van der Waals surface area contributed by atoms with Crippen molar-refractivity contribution in [1.82, 2.24) is 5.32 Å². The van der Waals surface area contributed by atoms with Crippen LogP contribution in [0.25, 0.3) is 5.57 Å². The summed E-state index contributed by atoms with van der Waals surface area (Å²) in [6, 6.07) is 10.6. The van der Waals surface area contributed by atoms with E-state index in [4.69, 9.17) is 5.73 Å². The van der Waals surface area contributed by atoms with Crippen LogP contribution in [0.5, 0.6) is 0 Å². The monoisotopic (exact) mass is 366 g/mol. The molecule has 27 heavy (non-hydrogen) atoms. The summed E-state index contributed by atoms with van der Waals surface area (Å²) < 4.78 is 14.0. The molecule has 1 aliphatic heterocycles. The van der Waals surface area contributed by atoms with Crippen LogP contribution in [-0.4, -0.2) is 19.0 Å². The molecule has 0 aliphatic carbocycles. The lowest BCUT2D eigenvalue weighted by Gasteiger charge is -2.24. The van der Waals surface area contributed by atoms with Crippen LogP contribution < -0.4 is 11.1 Å². The molecule has 142 valence electrons. The minimum Gasteiger partial charge on any atom is -0.366 e. The van der Waals surface area contributed by atoms with Crippen molar-refractivity contribution >= 4 is 11.5 Å². The van der Waals surface area contributed by atoms with Gasteiger partial charge < -0.3 is 11.1 Å². The summed E-state index contributed by atoms with van der Waals surface area (Å²) in [5.41, 5.74) is 12.8. The third-order valence-corrected chi connectivity index (χ3v) is 5.35. The third kappa shape index (κ3) is 3.96. The lowest BCUT2D eigenvalue weighted by atomic mass is 9.82. The first-order valence-corrected chi connectivity index (χ1v) is 9.70. The zero-order valence-corrected chi connectivity index (χ0v) is 16.1. The van der Waals surface area contributed by atoms with E-state index in [9.17, 15) is 9.18 Å². The zero-order chi connectivity index (χ0) is 19.4. The largest absolute Gasteiger partial charge is 0.366 e. The van der Waals surface area contributed by atoms with Gasteiger partial charge in [-0.25, -0.2) is 4.39 Å². The molecule has 0 bridgehead atoms. The lowest BCUT2D eigenvalue weighted by Crippen LogP contribution is -2.24. The molecule has 0 atom stereocenters. The molecular weight excluding hydrogens is 339 g/mol. The van der Waals surface area contributed by atoms with Gasteiger partial charge in [0.15, 0.2) is 0 Å². The fraction of sp³-hybridized carbons (Fsp3) is 0.348. The van der Waals surface area contributed by atoms with E-state index in [1.807, 2.05) is 25.1 Å². The van der Waals surface area contributed by atoms with Gasteiger partial charge in [-0.1, -0.05) is 37.6 Å². The van der Waals surface area contributed by atoms with Crippen LogP contribution >= 0.6 is 0 Å². The fourth-order valence-electron chi connectivity index (χ4n) is 4.14. The Labute approximate surface area is 160 Å². The molecule has 2 aromatic carbocycles. The molecule has 0 radical (unpaired) electrons. The predicted molar refractivity (Wildman–Crippen MR) is 108 cm³/mol. The van der Waals surface area contributed by atoms with Gasteiger partial charge in [0.05, 0.1) is 0 Å². The number of piperidine rings is 1. The van der Waals surface area contributed by atoms with Crippen LogP contribution in [0.4, 0.5) is 4.39 Å². The maximum absolute atomic E-state index is 14.0. The van der Waals surface area contributed by atoms with Crippen LogP contribution in [0.15, 0.2) is 42.0 Å². The summed E-state index contributed by atoms with van der Waals surface area (Å²) in [5.74, 6) is -0.628. The molecule has 0 saturated carbocycles. The fourth-order valence-corrected chi connectivity index (χ4v) is 4.14. The van der Waals surface area contributed by atoms with Crippen LogP contribution in [0.2, 0.25) is 0 Å². The Balaban J connectivity index is 2.29. The van der Waals surface area contributed by atoms with E-state index in [0.717, 1.165) is 66.6 Å². The van der Waals surface area contributed by atoms with Gasteiger partial charge in [-0.3, -0.25) is 4.79 Å².